The van der Waals surface area contributed by atoms with Gasteiger partial charge < -0.3 is 9.52 Å². The highest BCUT2D eigenvalue weighted by Crippen LogP contribution is 2.28. The highest BCUT2D eigenvalue weighted by atomic mass is 32.1. The number of thiophene rings is 1. The Balaban J connectivity index is 1.64. The Morgan fingerprint density at radius 3 is 2.87 bits per heavy atom. The van der Waals surface area contributed by atoms with E-state index in [4.69, 9.17) is 4.42 Å². The maximum absolute atomic E-state index is 9.58. The Bertz CT molecular complexity index is 613. The molecular formula is C16H24N4O2S. The second-order valence-electron chi connectivity index (χ2n) is 6.29. The van der Waals surface area contributed by atoms with Crippen LogP contribution >= 0.6 is 11.3 Å². The zero-order valence-corrected chi connectivity index (χ0v) is 14.7. The summed E-state index contributed by atoms with van der Waals surface area (Å²) in [5, 5.41) is 20.0. The van der Waals surface area contributed by atoms with Crippen molar-refractivity contribution < 1.29 is 9.52 Å². The molecule has 0 radical (unpaired) electrons. The molecule has 23 heavy (non-hydrogen) atoms. The van der Waals surface area contributed by atoms with E-state index >= 15 is 0 Å². The van der Waals surface area contributed by atoms with Gasteiger partial charge in [-0.15, -0.1) is 21.5 Å². The number of rotatable bonds is 5. The maximum atomic E-state index is 9.58. The highest BCUT2D eigenvalue weighted by molar-refractivity contribution is 7.13. The molecule has 0 aromatic carbocycles. The number of piperazine rings is 1. The summed E-state index contributed by atoms with van der Waals surface area (Å²) in [6, 6.07) is 4.48. The van der Waals surface area contributed by atoms with Gasteiger partial charge in [-0.1, -0.05) is 6.07 Å². The van der Waals surface area contributed by atoms with Crippen molar-refractivity contribution in [1.82, 2.24) is 20.0 Å². The van der Waals surface area contributed by atoms with Crippen molar-refractivity contribution in [2.75, 3.05) is 26.2 Å². The third kappa shape index (κ3) is 3.80. The SMILES string of the molecule is C[C@H](O)CN1CCN([C@@H](C)c2nnc(-c3cccs3)o2)C[C@@H]1C. The quantitative estimate of drug-likeness (QED) is 0.903. The Labute approximate surface area is 140 Å². The van der Waals surface area contributed by atoms with Crippen LogP contribution in [0.4, 0.5) is 0 Å². The van der Waals surface area contributed by atoms with E-state index in [1.807, 2.05) is 24.4 Å². The van der Waals surface area contributed by atoms with Crippen LogP contribution in [0, 0.1) is 0 Å². The van der Waals surface area contributed by atoms with Crippen LogP contribution in [0.2, 0.25) is 0 Å². The highest BCUT2D eigenvalue weighted by Gasteiger charge is 2.30. The fraction of sp³-hybridized carbons (Fsp3) is 0.625. The third-order valence-corrected chi connectivity index (χ3v) is 5.23. The molecule has 0 amide bonds. The van der Waals surface area contributed by atoms with Gasteiger partial charge in [-0.05, 0) is 32.2 Å². The molecule has 2 aromatic rings. The van der Waals surface area contributed by atoms with Crippen LogP contribution in [0.3, 0.4) is 0 Å². The Kier molecular flexibility index (Phi) is 5.11. The lowest BCUT2D eigenvalue weighted by Crippen LogP contribution is -2.53. The van der Waals surface area contributed by atoms with Crippen LogP contribution in [0.5, 0.6) is 0 Å². The van der Waals surface area contributed by atoms with Gasteiger partial charge in [0.05, 0.1) is 17.0 Å². The van der Waals surface area contributed by atoms with E-state index in [0.717, 1.165) is 31.1 Å². The summed E-state index contributed by atoms with van der Waals surface area (Å²) in [5.41, 5.74) is 0. The van der Waals surface area contributed by atoms with E-state index in [9.17, 15) is 5.11 Å². The van der Waals surface area contributed by atoms with E-state index in [-0.39, 0.29) is 12.1 Å². The monoisotopic (exact) mass is 336 g/mol. The molecule has 1 fully saturated rings. The molecule has 0 spiro atoms. The zero-order chi connectivity index (χ0) is 16.4. The lowest BCUT2D eigenvalue weighted by atomic mass is 10.1. The fourth-order valence-corrected chi connectivity index (χ4v) is 3.69. The molecule has 1 aliphatic rings. The summed E-state index contributed by atoms with van der Waals surface area (Å²) < 4.78 is 5.86. The van der Waals surface area contributed by atoms with Crippen molar-refractivity contribution >= 4 is 11.3 Å². The second-order valence-corrected chi connectivity index (χ2v) is 7.23. The van der Waals surface area contributed by atoms with Crippen molar-refractivity contribution in [1.29, 1.82) is 0 Å². The minimum absolute atomic E-state index is 0.104. The van der Waals surface area contributed by atoms with Gasteiger partial charge in [0.25, 0.3) is 5.89 Å². The van der Waals surface area contributed by atoms with Crippen LogP contribution in [0.1, 0.15) is 32.7 Å². The average molecular weight is 336 g/mol. The fourth-order valence-electron chi connectivity index (χ4n) is 3.05. The first-order chi connectivity index (χ1) is 11.0. The van der Waals surface area contributed by atoms with Gasteiger partial charge in [0.1, 0.15) is 0 Å². The van der Waals surface area contributed by atoms with Gasteiger partial charge in [0, 0.05) is 32.2 Å². The van der Waals surface area contributed by atoms with Gasteiger partial charge in [-0.3, -0.25) is 9.80 Å². The zero-order valence-electron chi connectivity index (χ0n) is 13.8. The molecule has 1 aliphatic heterocycles. The number of hydrogen-bond donors (Lipinski definition) is 1. The van der Waals surface area contributed by atoms with E-state index in [2.05, 4.69) is 33.8 Å². The molecule has 3 rings (SSSR count). The van der Waals surface area contributed by atoms with E-state index in [0.29, 0.717) is 17.8 Å². The molecule has 0 saturated carbocycles. The molecule has 2 aromatic heterocycles. The van der Waals surface area contributed by atoms with Crippen LogP contribution in [0.15, 0.2) is 21.9 Å². The lowest BCUT2D eigenvalue weighted by molar-refractivity contribution is 0.0257. The summed E-state index contributed by atoms with van der Waals surface area (Å²) in [7, 11) is 0. The summed E-state index contributed by atoms with van der Waals surface area (Å²) in [6.07, 6.45) is -0.286. The predicted octanol–water partition coefficient (Wildman–Crippen LogP) is 2.25. The van der Waals surface area contributed by atoms with Crippen molar-refractivity contribution in [3.05, 3.63) is 23.4 Å². The van der Waals surface area contributed by atoms with Crippen molar-refractivity contribution in [3.63, 3.8) is 0 Å². The van der Waals surface area contributed by atoms with Crippen LogP contribution < -0.4 is 0 Å². The molecule has 7 heteroatoms. The Morgan fingerprint density at radius 1 is 1.39 bits per heavy atom. The number of hydrogen-bond acceptors (Lipinski definition) is 7. The third-order valence-electron chi connectivity index (χ3n) is 4.37. The smallest absolute Gasteiger partial charge is 0.257 e. The topological polar surface area (TPSA) is 65.6 Å². The number of aliphatic hydroxyl groups excluding tert-OH is 1. The second kappa shape index (κ2) is 7.09. The molecule has 1 saturated heterocycles. The van der Waals surface area contributed by atoms with Gasteiger partial charge in [-0.25, -0.2) is 0 Å². The van der Waals surface area contributed by atoms with E-state index in [1.54, 1.807) is 11.3 Å². The molecule has 0 bridgehead atoms. The average Bonchev–Trinajstić information content (AvgIpc) is 3.18. The van der Waals surface area contributed by atoms with Gasteiger partial charge in [0.2, 0.25) is 5.89 Å². The van der Waals surface area contributed by atoms with Gasteiger partial charge in [-0.2, -0.15) is 0 Å². The largest absolute Gasteiger partial charge is 0.418 e. The minimum Gasteiger partial charge on any atom is -0.418 e. The molecule has 126 valence electrons. The molecule has 3 atom stereocenters. The number of nitrogens with zero attached hydrogens (tertiary/aromatic N) is 4. The van der Waals surface area contributed by atoms with Crippen molar-refractivity contribution in [3.8, 4) is 10.8 Å². The van der Waals surface area contributed by atoms with Crippen LogP contribution in [-0.2, 0) is 0 Å². The number of β-amino-alcohol motifs (C(OH)–C–C–N with tert-alkyl or cyclic N) is 1. The van der Waals surface area contributed by atoms with Crippen molar-refractivity contribution in [2.24, 2.45) is 0 Å². The first-order valence-electron chi connectivity index (χ1n) is 8.08. The van der Waals surface area contributed by atoms with Gasteiger partial charge >= 0.3 is 0 Å². The predicted molar refractivity (Wildman–Crippen MR) is 90.3 cm³/mol. The van der Waals surface area contributed by atoms with Gasteiger partial charge in [0.15, 0.2) is 0 Å². The summed E-state index contributed by atoms with van der Waals surface area (Å²) >= 11 is 1.60. The van der Waals surface area contributed by atoms with Crippen molar-refractivity contribution in [2.45, 2.75) is 39.0 Å². The summed E-state index contributed by atoms with van der Waals surface area (Å²) in [5.74, 6) is 1.27. The molecule has 6 nitrogen and oxygen atoms in total. The summed E-state index contributed by atoms with van der Waals surface area (Å²) in [6.45, 7) is 9.70. The molecular weight excluding hydrogens is 312 g/mol. The Hall–Kier alpha value is -1.28. The first kappa shape index (κ1) is 16.6. The van der Waals surface area contributed by atoms with E-state index in [1.165, 1.54) is 0 Å². The molecule has 0 unspecified atom stereocenters. The number of aliphatic hydroxyl groups is 1. The van der Waals surface area contributed by atoms with Crippen LogP contribution in [-0.4, -0.2) is 63.4 Å². The molecule has 3 heterocycles. The minimum atomic E-state index is -0.286. The number of aromatic nitrogens is 2. The normalized spacial score (nSPS) is 23.0. The lowest BCUT2D eigenvalue weighted by Gasteiger charge is -2.42. The first-order valence-corrected chi connectivity index (χ1v) is 8.96. The summed E-state index contributed by atoms with van der Waals surface area (Å²) in [4.78, 5) is 5.71. The molecule has 0 aliphatic carbocycles. The Morgan fingerprint density at radius 2 is 2.22 bits per heavy atom. The molecule has 1 N–H and O–H groups in total. The van der Waals surface area contributed by atoms with E-state index < -0.39 is 0 Å². The van der Waals surface area contributed by atoms with Crippen LogP contribution in [0.25, 0.3) is 10.8 Å². The standard InChI is InChI=1S/C16H24N4O2S/c1-11-9-20(7-6-19(11)10-12(2)21)13(3)15-17-18-16(22-15)14-5-4-8-23-14/h4-5,8,11-13,21H,6-7,9-10H2,1-3H3/t11-,12-,13-/m0/s1. The maximum Gasteiger partial charge on any atom is 0.257 e.